The third-order valence-electron chi connectivity index (χ3n) is 6.26. The minimum absolute atomic E-state index is 0.144. The number of hydrogen-bond acceptors (Lipinski definition) is 6. The van der Waals surface area contributed by atoms with Crippen LogP contribution in [0.25, 0.3) is 0 Å². The minimum atomic E-state index is -1.15. The maximum Gasteiger partial charge on any atom is 0.326 e. The Balaban J connectivity index is 1.97. The Morgan fingerprint density at radius 3 is 2.17 bits per heavy atom. The van der Waals surface area contributed by atoms with Gasteiger partial charge in [0.2, 0.25) is 11.8 Å². The summed E-state index contributed by atoms with van der Waals surface area (Å²) < 4.78 is 5.43. The van der Waals surface area contributed by atoms with E-state index in [4.69, 9.17) is 4.74 Å². The number of nitrogens with zero attached hydrogens (tertiary/aromatic N) is 1. The maximum absolute atomic E-state index is 13.2. The molecular weight excluding hydrogens is 466 g/mol. The van der Waals surface area contributed by atoms with E-state index in [-0.39, 0.29) is 30.6 Å². The van der Waals surface area contributed by atoms with Crippen LogP contribution in [0.4, 0.5) is 0 Å². The Labute approximate surface area is 212 Å². The Bertz CT molecular complexity index is 957. The van der Waals surface area contributed by atoms with Gasteiger partial charge in [-0.3, -0.25) is 14.5 Å². The number of ether oxygens (including phenoxy) is 1. The van der Waals surface area contributed by atoms with E-state index in [0.717, 1.165) is 17.5 Å². The monoisotopic (exact) mass is 505 g/mol. The van der Waals surface area contributed by atoms with Crippen molar-refractivity contribution in [1.82, 2.24) is 15.5 Å². The molecule has 0 fully saturated rings. The number of nitrogens with one attached hydrogen (secondary N) is 2. The van der Waals surface area contributed by atoms with Crippen LogP contribution in [-0.2, 0) is 25.6 Å². The van der Waals surface area contributed by atoms with Crippen LogP contribution < -0.4 is 15.4 Å². The van der Waals surface area contributed by atoms with Crippen molar-refractivity contribution in [3.63, 3.8) is 0 Å². The summed E-state index contributed by atoms with van der Waals surface area (Å²) in [6, 6.07) is 2.72. The highest BCUT2D eigenvalue weighted by atomic mass is 16.5. The van der Waals surface area contributed by atoms with Gasteiger partial charge >= 0.3 is 11.9 Å². The molecule has 36 heavy (non-hydrogen) atoms. The fourth-order valence-electron chi connectivity index (χ4n) is 4.48. The van der Waals surface area contributed by atoms with Crippen LogP contribution in [0, 0.1) is 5.41 Å². The molecule has 1 heterocycles. The summed E-state index contributed by atoms with van der Waals surface area (Å²) in [6.45, 7) is 6.30. The van der Waals surface area contributed by atoms with E-state index in [0.29, 0.717) is 25.1 Å². The zero-order valence-electron chi connectivity index (χ0n) is 21.8. The molecule has 0 spiro atoms. The van der Waals surface area contributed by atoms with E-state index in [9.17, 15) is 29.4 Å². The van der Waals surface area contributed by atoms with Crippen LogP contribution in [-0.4, -0.2) is 71.7 Å². The molecule has 10 heteroatoms. The van der Waals surface area contributed by atoms with Crippen molar-refractivity contribution in [2.75, 3.05) is 20.7 Å². The summed E-state index contributed by atoms with van der Waals surface area (Å²) in [6.07, 6.45) is 2.00. The van der Waals surface area contributed by atoms with Gasteiger partial charge in [0, 0.05) is 18.5 Å². The lowest BCUT2D eigenvalue weighted by molar-refractivity contribution is -0.143. The summed E-state index contributed by atoms with van der Waals surface area (Å²) in [7, 11) is 3.40. The highest BCUT2D eigenvalue weighted by molar-refractivity contribution is 5.88. The normalized spacial score (nSPS) is 17.4. The van der Waals surface area contributed by atoms with Crippen LogP contribution in [0.15, 0.2) is 18.2 Å². The number of carboxylic acid groups (broad SMARTS) is 2. The Kier molecular flexibility index (Phi) is 10.3. The second kappa shape index (κ2) is 12.7. The number of carbonyl (C=O) groups is 4. The van der Waals surface area contributed by atoms with Crippen LogP contribution in [0.5, 0.6) is 5.75 Å². The fourth-order valence-corrected chi connectivity index (χ4v) is 4.48. The van der Waals surface area contributed by atoms with Gasteiger partial charge in [0.05, 0.1) is 7.11 Å². The van der Waals surface area contributed by atoms with Gasteiger partial charge in [0.25, 0.3) is 0 Å². The van der Waals surface area contributed by atoms with Crippen molar-refractivity contribution < 1.29 is 34.1 Å². The Morgan fingerprint density at radius 1 is 1.06 bits per heavy atom. The number of aliphatic carboxylic acids is 2. The van der Waals surface area contributed by atoms with Crippen molar-refractivity contribution in [3.05, 3.63) is 29.3 Å². The minimum Gasteiger partial charge on any atom is -0.496 e. The lowest BCUT2D eigenvalue weighted by atomic mass is 9.91. The number of likely N-dealkylation sites (N-methyl/N-ethyl adjacent to an activating group) is 1. The number of rotatable bonds is 12. The van der Waals surface area contributed by atoms with Gasteiger partial charge < -0.3 is 25.6 Å². The van der Waals surface area contributed by atoms with Crippen LogP contribution >= 0.6 is 0 Å². The first-order chi connectivity index (χ1) is 16.8. The third-order valence-corrected chi connectivity index (χ3v) is 6.26. The lowest BCUT2D eigenvalue weighted by Gasteiger charge is -2.34. The Morgan fingerprint density at radius 2 is 1.64 bits per heavy atom. The predicted molar refractivity (Wildman–Crippen MR) is 134 cm³/mol. The number of carbonyl (C=O) groups excluding carboxylic acids is 2. The SMILES string of the molecule is COc1cccc2c1CCN(C)C2C(=O)NC(CCCCC(NC(=O)CC(C)(C)C)C(=O)O)C(=O)O. The predicted octanol–water partition coefficient (Wildman–Crippen LogP) is 2.36. The first-order valence-electron chi connectivity index (χ1n) is 12.3. The van der Waals surface area contributed by atoms with Gasteiger partial charge in [-0.2, -0.15) is 0 Å². The highest BCUT2D eigenvalue weighted by Gasteiger charge is 2.34. The summed E-state index contributed by atoms with van der Waals surface area (Å²) in [5, 5.41) is 24.3. The number of amides is 2. The molecule has 3 unspecified atom stereocenters. The van der Waals surface area contributed by atoms with Gasteiger partial charge in [0.15, 0.2) is 0 Å². The molecule has 0 aromatic heterocycles. The van der Waals surface area contributed by atoms with Gasteiger partial charge in [-0.05, 0) is 43.4 Å². The molecule has 0 bridgehead atoms. The van der Waals surface area contributed by atoms with Crippen LogP contribution in [0.3, 0.4) is 0 Å². The summed E-state index contributed by atoms with van der Waals surface area (Å²) in [5.74, 6) is -2.32. The van der Waals surface area contributed by atoms with Crippen LogP contribution in [0.1, 0.15) is 70.0 Å². The average Bonchev–Trinajstić information content (AvgIpc) is 2.77. The molecule has 1 aromatic rings. The molecule has 10 nitrogen and oxygen atoms in total. The van der Waals surface area contributed by atoms with E-state index >= 15 is 0 Å². The fraction of sp³-hybridized carbons (Fsp3) is 0.615. The number of fused-ring (bicyclic) bond motifs is 1. The third kappa shape index (κ3) is 8.22. The lowest BCUT2D eigenvalue weighted by Crippen LogP contribution is -2.48. The average molecular weight is 506 g/mol. The van der Waals surface area contributed by atoms with Crippen LogP contribution in [0.2, 0.25) is 0 Å². The highest BCUT2D eigenvalue weighted by Crippen LogP contribution is 2.34. The molecule has 0 saturated carbocycles. The molecule has 2 rings (SSSR count). The quantitative estimate of drug-likeness (QED) is 0.317. The molecule has 200 valence electrons. The molecule has 0 saturated heterocycles. The topological polar surface area (TPSA) is 145 Å². The maximum atomic E-state index is 13.2. The zero-order chi connectivity index (χ0) is 27.0. The van der Waals surface area contributed by atoms with E-state index in [1.807, 2.05) is 50.9 Å². The van der Waals surface area contributed by atoms with Gasteiger partial charge in [0.1, 0.15) is 23.9 Å². The smallest absolute Gasteiger partial charge is 0.326 e. The molecular formula is C26H39N3O7. The van der Waals surface area contributed by atoms with Crippen molar-refractivity contribution in [2.45, 2.75) is 77.4 Å². The summed E-state index contributed by atoms with van der Waals surface area (Å²) >= 11 is 0. The number of methoxy groups -OCH3 is 1. The molecule has 1 aromatic carbocycles. The summed E-state index contributed by atoms with van der Waals surface area (Å²) in [4.78, 5) is 50.6. The van der Waals surface area contributed by atoms with Gasteiger partial charge in [-0.15, -0.1) is 0 Å². The number of benzene rings is 1. The van der Waals surface area contributed by atoms with Gasteiger partial charge in [-0.25, -0.2) is 9.59 Å². The number of hydrogen-bond donors (Lipinski definition) is 4. The zero-order valence-corrected chi connectivity index (χ0v) is 21.8. The van der Waals surface area contributed by atoms with Crippen molar-refractivity contribution >= 4 is 23.8 Å². The number of unbranched alkanes of at least 4 members (excludes halogenated alkanes) is 1. The standard InChI is InChI=1S/C26H39N3O7/c1-26(2,3)15-21(30)27-18(24(32)33)10-6-7-11-19(25(34)35)28-23(31)22-17-9-8-12-20(36-5)16(17)13-14-29(22)4/h8-9,12,18-19,22H,6-7,10-11,13-15H2,1-5H3,(H,27,30)(H,28,31)(H,32,33)(H,34,35). The molecule has 1 aliphatic rings. The second-order valence-electron chi connectivity index (χ2n) is 10.5. The first kappa shape index (κ1) is 29.1. The molecule has 3 atom stereocenters. The molecule has 0 radical (unpaired) electrons. The molecule has 1 aliphatic heterocycles. The second-order valence-corrected chi connectivity index (χ2v) is 10.5. The van der Waals surface area contributed by atoms with Crippen molar-refractivity contribution in [3.8, 4) is 5.75 Å². The summed E-state index contributed by atoms with van der Waals surface area (Å²) in [5.41, 5.74) is 1.47. The largest absolute Gasteiger partial charge is 0.496 e. The molecule has 4 N–H and O–H groups in total. The van der Waals surface area contributed by atoms with E-state index in [1.165, 1.54) is 0 Å². The molecule has 0 aliphatic carbocycles. The number of carboxylic acids is 2. The first-order valence-corrected chi connectivity index (χ1v) is 12.3. The Hall–Kier alpha value is -3.14. The van der Waals surface area contributed by atoms with Gasteiger partial charge in [-0.1, -0.05) is 45.7 Å². The van der Waals surface area contributed by atoms with Crippen molar-refractivity contribution in [2.24, 2.45) is 5.41 Å². The molecule has 2 amide bonds. The van der Waals surface area contributed by atoms with Crippen molar-refractivity contribution in [1.29, 1.82) is 0 Å². The van der Waals surface area contributed by atoms with E-state index in [2.05, 4.69) is 10.6 Å². The van der Waals surface area contributed by atoms with E-state index in [1.54, 1.807) is 7.11 Å². The van der Waals surface area contributed by atoms with E-state index < -0.39 is 36.0 Å².